The molecule has 3 aromatic rings. The Hall–Kier alpha value is -2.84. The summed E-state index contributed by atoms with van der Waals surface area (Å²) in [7, 11) is 0. The number of carbonyl (C=O) groups excluding carboxylic acids is 1. The molecule has 0 radical (unpaired) electrons. The number of aromatic hydroxyl groups is 2. The zero-order chi connectivity index (χ0) is 23.1. The van der Waals surface area contributed by atoms with Gasteiger partial charge < -0.3 is 24.8 Å². The predicted octanol–water partition coefficient (Wildman–Crippen LogP) is 5.98. The molecule has 1 atom stereocenters. The molecule has 32 heavy (non-hydrogen) atoms. The number of rotatable bonds is 1. The van der Waals surface area contributed by atoms with E-state index in [-0.39, 0.29) is 65.2 Å². The van der Waals surface area contributed by atoms with Gasteiger partial charge in [0, 0.05) is 17.2 Å². The van der Waals surface area contributed by atoms with Crippen molar-refractivity contribution in [3.05, 3.63) is 78.2 Å². The first-order chi connectivity index (χ1) is 15.1. The van der Waals surface area contributed by atoms with Gasteiger partial charge in [0.15, 0.2) is 17.1 Å². The van der Waals surface area contributed by atoms with E-state index in [1.165, 1.54) is 30.3 Å². The molecule has 0 saturated heterocycles. The third-order valence-electron chi connectivity index (χ3n) is 5.37. The van der Waals surface area contributed by atoms with Gasteiger partial charge in [-0.1, -0.05) is 52.5 Å². The van der Waals surface area contributed by atoms with E-state index < -0.39 is 23.3 Å². The van der Waals surface area contributed by atoms with Gasteiger partial charge in [-0.25, -0.2) is 9.59 Å². The van der Waals surface area contributed by atoms with Crippen molar-refractivity contribution in [3.63, 3.8) is 0 Å². The van der Waals surface area contributed by atoms with E-state index >= 15 is 0 Å². The van der Waals surface area contributed by atoms with E-state index in [1.54, 1.807) is 0 Å². The maximum Gasteiger partial charge on any atom is 0.341 e. The molecule has 3 aromatic carbocycles. The van der Waals surface area contributed by atoms with Crippen molar-refractivity contribution in [1.29, 1.82) is 0 Å². The predicted molar refractivity (Wildman–Crippen MR) is 115 cm³/mol. The lowest BCUT2D eigenvalue weighted by Crippen LogP contribution is -2.33. The average Bonchev–Trinajstić information content (AvgIpc) is 3.03. The molecule has 2 aliphatic heterocycles. The highest BCUT2D eigenvalue weighted by molar-refractivity contribution is 6.39. The van der Waals surface area contributed by atoms with Crippen LogP contribution in [0.3, 0.4) is 0 Å². The Morgan fingerprint density at radius 1 is 0.906 bits per heavy atom. The molecule has 7 nitrogen and oxygen atoms in total. The maximum atomic E-state index is 13.0. The zero-order valence-corrected chi connectivity index (χ0v) is 18.4. The first-order valence-corrected chi connectivity index (χ1v) is 10.3. The van der Waals surface area contributed by atoms with Crippen LogP contribution in [0.2, 0.25) is 20.1 Å². The van der Waals surface area contributed by atoms with Gasteiger partial charge >= 0.3 is 11.9 Å². The third-order valence-corrected chi connectivity index (χ3v) is 6.70. The van der Waals surface area contributed by atoms with Crippen LogP contribution in [0.25, 0.3) is 0 Å². The molecule has 1 spiro atoms. The van der Waals surface area contributed by atoms with E-state index in [0.717, 1.165) is 0 Å². The van der Waals surface area contributed by atoms with Gasteiger partial charge in [0.1, 0.15) is 16.5 Å². The molecule has 0 aliphatic carbocycles. The largest absolute Gasteiger partial charge is 0.506 e. The van der Waals surface area contributed by atoms with Crippen LogP contribution in [0, 0.1) is 0 Å². The van der Waals surface area contributed by atoms with E-state index in [0.29, 0.717) is 0 Å². The van der Waals surface area contributed by atoms with Gasteiger partial charge in [-0.05, 0) is 18.2 Å². The SMILES string of the molecule is O=C(O)c1ccc2c(c1Cl)C(=O)OC21c2cc(Cl)c(O)cc2Oc2c1cc(Cl)c(O)c2Cl. The zero-order valence-electron chi connectivity index (χ0n) is 15.4. The summed E-state index contributed by atoms with van der Waals surface area (Å²) in [6.45, 7) is 0. The Bertz CT molecular complexity index is 1400. The van der Waals surface area contributed by atoms with E-state index in [2.05, 4.69) is 0 Å². The lowest BCUT2D eigenvalue weighted by atomic mass is 9.77. The minimum absolute atomic E-state index is 0.0297. The number of aromatic carboxylic acids is 1. The fourth-order valence-electron chi connectivity index (χ4n) is 3.99. The lowest BCUT2D eigenvalue weighted by Gasteiger charge is -2.37. The van der Waals surface area contributed by atoms with E-state index in [9.17, 15) is 24.9 Å². The van der Waals surface area contributed by atoms with Crippen LogP contribution in [-0.2, 0) is 10.3 Å². The molecule has 1 unspecified atom stereocenters. The summed E-state index contributed by atoms with van der Waals surface area (Å²) in [5, 5.41) is 28.9. The summed E-state index contributed by atoms with van der Waals surface area (Å²) >= 11 is 24.9. The number of carboxylic acid groups (broad SMARTS) is 1. The van der Waals surface area contributed by atoms with Gasteiger partial charge in [0.25, 0.3) is 0 Å². The molecule has 2 aliphatic rings. The number of carbonyl (C=O) groups is 2. The first-order valence-electron chi connectivity index (χ1n) is 8.79. The Balaban J connectivity index is 1.95. The molecule has 11 heteroatoms. The van der Waals surface area contributed by atoms with Crippen LogP contribution in [0.5, 0.6) is 23.0 Å². The highest BCUT2D eigenvalue weighted by atomic mass is 35.5. The molecule has 162 valence electrons. The van der Waals surface area contributed by atoms with Crippen molar-refractivity contribution in [2.75, 3.05) is 0 Å². The van der Waals surface area contributed by atoms with Crippen molar-refractivity contribution in [1.82, 2.24) is 0 Å². The highest BCUT2D eigenvalue weighted by Crippen LogP contribution is 2.61. The van der Waals surface area contributed by atoms with Gasteiger partial charge in [0.2, 0.25) is 0 Å². The van der Waals surface area contributed by atoms with Crippen LogP contribution < -0.4 is 4.74 Å². The fourth-order valence-corrected chi connectivity index (χ4v) is 4.97. The van der Waals surface area contributed by atoms with Gasteiger partial charge in [0.05, 0.1) is 31.8 Å². The Kier molecular flexibility index (Phi) is 4.49. The third kappa shape index (κ3) is 2.56. The van der Waals surface area contributed by atoms with Gasteiger partial charge in [-0.15, -0.1) is 0 Å². The minimum Gasteiger partial charge on any atom is -0.506 e. The van der Waals surface area contributed by atoms with Crippen molar-refractivity contribution in [3.8, 4) is 23.0 Å². The van der Waals surface area contributed by atoms with E-state index in [4.69, 9.17) is 55.9 Å². The second kappa shape index (κ2) is 6.83. The van der Waals surface area contributed by atoms with Crippen molar-refractivity contribution >= 4 is 58.3 Å². The minimum atomic E-state index is -1.76. The molecular weight excluding hydrogens is 506 g/mol. The molecule has 0 bridgehead atoms. The molecule has 3 N–H and O–H groups in total. The Morgan fingerprint density at radius 3 is 2.28 bits per heavy atom. The van der Waals surface area contributed by atoms with Crippen LogP contribution in [0.15, 0.2) is 30.3 Å². The number of benzene rings is 3. The number of phenolic OH excluding ortho intramolecular Hbond substituents is 2. The number of ether oxygens (including phenoxy) is 2. The number of hydrogen-bond acceptors (Lipinski definition) is 6. The van der Waals surface area contributed by atoms with Crippen LogP contribution in [0.1, 0.15) is 37.4 Å². The maximum absolute atomic E-state index is 13.0. The Labute approximate surface area is 199 Å². The first kappa shape index (κ1) is 21.0. The molecule has 0 fully saturated rings. The molecule has 2 heterocycles. The standard InChI is InChI=1S/C21H8Cl4O7/c22-10-3-8-13(5-12(10)26)31-18-9(4-11(23)17(27)16(18)25)21(8)7-2-1-6(19(28)29)15(24)14(7)20(30)32-21/h1-5,26-27H,(H,28,29). The van der Waals surface area contributed by atoms with Crippen LogP contribution in [-0.4, -0.2) is 27.3 Å². The smallest absolute Gasteiger partial charge is 0.341 e. The van der Waals surface area contributed by atoms with Crippen molar-refractivity contribution in [2.24, 2.45) is 0 Å². The normalized spacial score (nSPS) is 17.9. The summed E-state index contributed by atoms with van der Waals surface area (Å²) in [4.78, 5) is 24.5. The van der Waals surface area contributed by atoms with Crippen molar-refractivity contribution in [2.45, 2.75) is 5.60 Å². The number of phenols is 2. The second-order valence-corrected chi connectivity index (χ2v) is 8.60. The quantitative estimate of drug-likeness (QED) is 0.343. The second-order valence-electron chi connectivity index (χ2n) is 7.03. The molecule has 0 aromatic heterocycles. The molecular formula is C21H8Cl4O7. The number of fused-ring (bicyclic) bond motifs is 6. The van der Waals surface area contributed by atoms with Crippen LogP contribution >= 0.6 is 46.4 Å². The lowest BCUT2D eigenvalue weighted by molar-refractivity contribution is 0.0224. The van der Waals surface area contributed by atoms with Crippen molar-refractivity contribution < 1.29 is 34.4 Å². The summed E-state index contributed by atoms with van der Waals surface area (Å²) in [5.74, 6) is -3.07. The topological polar surface area (TPSA) is 113 Å². The number of hydrogen-bond donors (Lipinski definition) is 3. The van der Waals surface area contributed by atoms with Gasteiger partial charge in [-0.3, -0.25) is 0 Å². The van der Waals surface area contributed by atoms with Gasteiger partial charge in [-0.2, -0.15) is 0 Å². The number of esters is 1. The molecule has 0 amide bonds. The fraction of sp³-hybridized carbons (Fsp3) is 0.0476. The number of halogens is 4. The number of carboxylic acids is 1. The highest BCUT2D eigenvalue weighted by Gasteiger charge is 2.55. The molecule has 0 saturated carbocycles. The summed E-state index contributed by atoms with van der Waals surface area (Å²) in [5.41, 5.74) is -1.69. The average molecular weight is 514 g/mol. The van der Waals surface area contributed by atoms with Crippen LogP contribution in [0.4, 0.5) is 0 Å². The monoisotopic (exact) mass is 512 g/mol. The van der Waals surface area contributed by atoms with E-state index in [1.807, 2.05) is 0 Å². The summed E-state index contributed by atoms with van der Waals surface area (Å²) in [6, 6.07) is 6.45. The summed E-state index contributed by atoms with van der Waals surface area (Å²) in [6.07, 6.45) is 0. The molecule has 5 rings (SSSR count). The Morgan fingerprint density at radius 2 is 1.59 bits per heavy atom. The summed E-state index contributed by atoms with van der Waals surface area (Å²) < 4.78 is 11.7.